The molecule has 0 saturated heterocycles. The SMILES string of the molecule is CC(=O)C1=C(O)C(=O)N(CCN(C)C)[C@@H]1c1cccc(F)c1. The molecule has 1 aliphatic rings. The monoisotopic (exact) mass is 306 g/mol. The van der Waals surface area contributed by atoms with E-state index in [1.54, 1.807) is 6.07 Å². The van der Waals surface area contributed by atoms with Crippen molar-refractivity contribution in [3.05, 3.63) is 47.0 Å². The molecule has 1 N–H and O–H groups in total. The summed E-state index contributed by atoms with van der Waals surface area (Å²) < 4.78 is 13.5. The van der Waals surface area contributed by atoms with Crippen LogP contribution in [0.25, 0.3) is 0 Å². The third-order valence-electron chi connectivity index (χ3n) is 3.64. The van der Waals surface area contributed by atoms with Crippen molar-refractivity contribution in [2.75, 3.05) is 27.2 Å². The molecule has 1 aromatic rings. The molecule has 118 valence electrons. The van der Waals surface area contributed by atoms with Crippen LogP contribution in [0, 0.1) is 5.82 Å². The predicted molar refractivity (Wildman–Crippen MR) is 79.7 cm³/mol. The Morgan fingerprint density at radius 2 is 2.09 bits per heavy atom. The van der Waals surface area contributed by atoms with E-state index >= 15 is 0 Å². The lowest BCUT2D eigenvalue weighted by Gasteiger charge is -2.27. The Balaban J connectivity index is 2.46. The fraction of sp³-hybridized carbons (Fsp3) is 0.375. The molecule has 1 amide bonds. The Hall–Kier alpha value is -2.21. The topological polar surface area (TPSA) is 60.9 Å². The molecule has 0 bridgehead atoms. The number of amides is 1. The van der Waals surface area contributed by atoms with E-state index < -0.39 is 29.3 Å². The molecular weight excluding hydrogens is 287 g/mol. The van der Waals surface area contributed by atoms with Crippen molar-refractivity contribution < 1.29 is 19.1 Å². The van der Waals surface area contributed by atoms with Gasteiger partial charge in [-0.3, -0.25) is 9.59 Å². The van der Waals surface area contributed by atoms with Gasteiger partial charge in [0, 0.05) is 13.1 Å². The van der Waals surface area contributed by atoms with Crippen LogP contribution in [0.3, 0.4) is 0 Å². The number of ketones is 1. The van der Waals surface area contributed by atoms with E-state index in [0.29, 0.717) is 18.7 Å². The van der Waals surface area contributed by atoms with Gasteiger partial charge in [0.05, 0.1) is 11.6 Å². The lowest BCUT2D eigenvalue weighted by atomic mass is 9.96. The first-order chi connectivity index (χ1) is 10.3. The lowest BCUT2D eigenvalue weighted by Crippen LogP contribution is -2.36. The van der Waals surface area contributed by atoms with Crippen molar-refractivity contribution in [3.8, 4) is 0 Å². The molecule has 6 heteroatoms. The fourth-order valence-corrected chi connectivity index (χ4v) is 2.57. The molecule has 0 spiro atoms. The van der Waals surface area contributed by atoms with E-state index in [1.807, 2.05) is 19.0 Å². The first-order valence-electron chi connectivity index (χ1n) is 6.98. The van der Waals surface area contributed by atoms with E-state index in [2.05, 4.69) is 0 Å². The highest BCUT2D eigenvalue weighted by atomic mass is 19.1. The summed E-state index contributed by atoms with van der Waals surface area (Å²) in [4.78, 5) is 27.4. The number of aliphatic hydroxyl groups excluding tert-OH is 1. The van der Waals surface area contributed by atoms with E-state index in [1.165, 1.54) is 30.0 Å². The van der Waals surface area contributed by atoms with Crippen LogP contribution in [0.2, 0.25) is 0 Å². The molecule has 1 aliphatic heterocycles. The van der Waals surface area contributed by atoms with E-state index in [4.69, 9.17) is 0 Å². The van der Waals surface area contributed by atoms with Crippen LogP contribution < -0.4 is 0 Å². The van der Waals surface area contributed by atoms with Gasteiger partial charge < -0.3 is 14.9 Å². The van der Waals surface area contributed by atoms with Crippen LogP contribution in [0.15, 0.2) is 35.6 Å². The summed E-state index contributed by atoms with van der Waals surface area (Å²) in [6.45, 7) is 2.18. The summed E-state index contributed by atoms with van der Waals surface area (Å²) in [5.41, 5.74) is 0.496. The third kappa shape index (κ3) is 3.01. The highest BCUT2D eigenvalue weighted by molar-refractivity contribution is 6.08. The maximum atomic E-state index is 13.5. The summed E-state index contributed by atoms with van der Waals surface area (Å²) in [6.07, 6.45) is 0. The van der Waals surface area contributed by atoms with Gasteiger partial charge in [0.2, 0.25) is 0 Å². The van der Waals surface area contributed by atoms with Crippen LogP contribution in [-0.4, -0.2) is 53.8 Å². The van der Waals surface area contributed by atoms with Crippen LogP contribution in [0.4, 0.5) is 4.39 Å². The molecule has 5 nitrogen and oxygen atoms in total. The Labute approximate surface area is 128 Å². The maximum Gasteiger partial charge on any atom is 0.290 e. The van der Waals surface area contributed by atoms with E-state index in [9.17, 15) is 19.1 Å². The summed E-state index contributed by atoms with van der Waals surface area (Å²) >= 11 is 0. The second kappa shape index (κ2) is 6.27. The normalized spacial score (nSPS) is 18.5. The number of carbonyl (C=O) groups excluding carboxylic acids is 2. The second-order valence-electron chi connectivity index (χ2n) is 5.58. The van der Waals surface area contributed by atoms with Crippen molar-refractivity contribution in [2.24, 2.45) is 0 Å². The standard InChI is InChI=1S/C16H19FN2O3/c1-10(20)13-14(11-5-4-6-12(17)9-11)19(8-7-18(2)3)16(22)15(13)21/h4-6,9,14,21H,7-8H2,1-3H3/t14-/m1/s1. The van der Waals surface area contributed by atoms with Gasteiger partial charge in [0.25, 0.3) is 5.91 Å². The zero-order chi connectivity index (χ0) is 16.4. The van der Waals surface area contributed by atoms with Gasteiger partial charge in [0.1, 0.15) is 5.82 Å². The van der Waals surface area contributed by atoms with Gasteiger partial charge in [-0.2, -0.15) is 0 Å². The number of nitrogens with zero attached hydrogens (tertiary/aromatic N) is 2. The molecule has 0 aromatic heterocycles. The van der Waals surface area contributed by atoms with Gasteiger partial charge in [0.15, 0.2) is 11.5 Å². The van der Waals surface area contributed by atoms with Crippen molar-refractivity contribution in [3.63, 3.8) is 0 Å². The molecular formula is C16H19FN2O3. The van der Waals surface area contributed by atoms with E-state index in [-0.39, 0.29) is 5.57 Å². The minimum Gasteiger partial charge on any atom is -0.503 e. The number of rotatable bonds is 5. The summed E-state index contributed by atoms with van der Waals surface area (Å²) in [5, 5.41) is 10.0. The molecule has 2 rings (SSSR count). The molecule has 0 unspecified atom stereocenters. The largest absolute Gasteiger partial charge is 0.503 e. The first kappa shape index (κ1) is 16.2. The predicted octanol–water partition coefficient (Wildman–Crippen LogP) is 1.67. The minimum atomic E-state index is -0.749. The number of hydrogen-bond acceptors (Lipinski definition) is 4. The van der Waals surface area contributed by atoms with Crippen molar-refractivity contribution in [1.82, 2.24) is 9.80 Å². The molecule has 22 heavy (non-hydrogen) atoms. The molecule has 0 saturated carbocycles. The van der Waals surface area contributed by atoms with E-state index in [0.717, 1.165) is 0 Å². The summed E-state index contributed by atoms with van der Waals surface area (Å²) in [7, 11) is 3.72. The number of Topliss-reactive ketones (excluding diaryl/α,β-unsaturated/α-hetero) is 1. The van der Waals surface area contributed by atoms with Crippen LogP contribution in [0.1, 0.15) is 18.5 Å². The van der Waals surface area contributed by atoms with Crippen molar-refractivity contribution in [2.45, 2.75) is 13.0 Å². The van der Waals surface area contributed by atoms with Crippen LogP contribution in [0.5, 0.6) is 0 Å². The molecule has 1 atom stereocenters. The van der Waals surface area contributed by atoms with Gasteiger partial charge in [-0.25, -0.2) is 4.39 Å². The second-order valence-corrected chi connectivity index (χ2v) is 5.58. The van der Waals surface area contributed by atoms with Crippen LogP contribution in [-0.2, 0) is 9.59 Å². The van der Waals surface area contributed by atoms with Crippen molar-refractivity contribution in [1.29, 1.82) is 0 Å². The number of carbonyl (C=O) groups is 2. The quantitative estimate of drug-likeness (QED) is 0.899. The molecule has 0 radical (unpaired) electrons. The Morgan fingerprint density at radius 1 is 1.41 bits per heavy atom. The highest BCUT2D eigenvalue weighted by Crippen LogP contribution is 2.37. The molecule has 0 fully saturated rings. The van der Waals surface area contributed by atoms with Gasteiger partial charge in [-0.05, 0) is 38.7 Å². The molecule has 1 heterocycles. The van der Waals surface area contributed by atoms with Gasteiger partial charge >= 0.3 is 0 Å². The van der Waals surface area contributed by atoms with Gasteiger partial charge in [-0.1, -0.05) is 12.1 Å². The molecule has 1 aromatic carbocycles. The Bertz CT molecular complexity index is 640. The lowest BCUT2D eigenvalue weighted by molar-refractivity contribution is -0.129. The van der Waals surface area contributed by atoms with Crippen LogP contribution >= 0.6 is 0 Å². The van der Waals surface area contributed by atoms with Gasteiger partial charge in [-0.15, -0.1) is 0 Å². The Morgan fingerprint density at radius 3 is 2.64 bits per heavy atom. The smallest absolute Gasteiger partial charge is 0.290 e. The van der Waals surface area contributed by atoms with Crippen molar-refractivity contribution >= 4 is 11.7 Å². The number of halogens is 1. The average Bonchev–Trinajstić information content (AvgIpc) is 2.69. The first-order valence-corrected chi connectivity index (χ1v) is 6.98. The fourth-order valence-electron chi connectivity index (χ4n) is 2.57. The number of benzene rings is 1. The summed E-state index contributed by atoms with van der Waals surface area (Å²) in [6, 6.07) is 4.99. The highest BCUT2D eigenvalue weighted by Gasteiger charge is 2.42. The zero-order valence-corrected chi connectivity index (χ0v) is 12.8. The molecule has 0 aliphatic carbocycles. The Kier molecular flexibility index (Phi) is 4.61. The number of hydrogen-bond donors (Lipinski definition) is 1. The summed E-state index contributed by atoms with van der Waals surface area (Å²) in [5.74, 6) is -1.99. The number of likely N-dealkylation sites (N-methyl/N-ethyl adjacent to an activating group) is 1. The third-order valence-corrected chi connectivity index (χ3v) is 3.64. The zero-order valence-electron chi connectivity index (χ0n) is 12.8. The average molecular weight is 306 g/mol. The minimum absolute atomic E-state index is 0.0226. The maximum absolute atomic E-state index is 13.5. The number of aliphatic hydroxyl groups is 1.